The van der Waals surface area contributed by atoms with Gasteiger partial charge in [0.05, 0.1) is 0 Å². The second kappa shape index (κ2) is 5.96. The maximum atomic E-state index is 5.61. The second-order valence-electron chi connectivity index (χ2n) is 4.87. The van der Waals surface area contributed by atoms with Crippen molar-refractivity contribution in [2.75, 3.05) is 31.6 Å². The Bertz CT molecular complexity index is 407. The van der Waals surface area contributed by atoms with Crippen molar-refractivity contribution in [1.82, 2.24) is 0 Å². The topological polar surface area (TPSA) is 56.5 Å². The van der Waals surface area contributed by atoms with E-state index in [0.29, 0.717) is 19.1 Å². The molecule has 1 aliphatic rings. The van der Waals surface area contributed by atoms with E-state index in [1.807, 2.05) is 12.1 Å². The van der Waals surface area contributed by atoms with Crippen LogP contribution in [0.15, 0.2) is 12.1 Å². The van der Waals surface area contributed by atoms with Gasteiger partial charge in [0.25, 0.3) is 0 Å². The van der Waals surface area contributed by atoms with Crippen molar-refractivity contribution in [3.63, 3.8) is 0 Å². The summed E-state index contributed by atoms with van der Waals surface area (Å²) < 4.78 is 11.1. The molecule has 1 aromatic rings. The number of aryl methyl sites for hydroxylation is 1. The smallest absolute Gasteiger partial charge is 0.163 e. The van der Waals surface area contributed by atoms with Crippen molar-refractivity contribution in [1.29, 1.82) is 0 Å². The van der Waals surface area contributed by atoms with Crippen LogP contribution in [-0.4, -0.2) is 26.3 Å². The average Bonchev–Trinajstić information content (AvgIpc) is 2.39. The lowest BCUT2D eigenvalue weighted by Gasteiger charge is -2.21. The van der Waals surface area contributed by atoms with E-state index in [0.717, 1.165) is 36.7 Å². The van der Waals surface area contributed by atoms with Gasteiger partial charge in [0.2, 0.25) is 0 Å². The number of nitrogens with one attached hydrogen (secondary N) is 1. The van der Waals surface area contributed by atoms with Gasteiger partial charge in [0, 0.05) is 18.3 Å². The molecular weight excluding hydrogens is 228 g/mol. The summed E-state index contributed by atoms with van der Waals surface area (Å²) in [6.45, 7) is 7.17. The monoisotopic (exact) mass is 250 g/mol. The normalized spacial score (nSPS) is 15.3. The standard InChI is InChI=1S/C14H22N2O2/c1-10(9-15)3-4-16-12-8-14-13(7-11(12)2)17-5-6-18-14/h7-8,10,16H,3-6,9,15H2,1-2H3. The molecule has 2 rings (SSSR count). The molecule has 1 atom stereocenters. The van der Waals surface area contributed by atoms with Crippen LogP contribution < -0.4 is 20.5 Å². The minimum absolute atomic E-state index is 0.551. The number of fused-ring (bicyclic) bond motifs is 1. The molecule has 3 N–H and O–H groups in total. The molecular formula is C14H22N2O2. The zero-order chi connectivity index (χ0) is 13.0. The quantitative estimate of drug-likeness (QED) is 0.841. The highest BCUT2D eigenvalue weighted by atomic mass is 16.6. The molecule has 0 aliphatic carbocycles. The first-order valence-electron chi connectivity index (χ1n) is 6.55. The molecule has 0 amide bonds. The number of nitrogens with two attached hydrogens (primary N) is 1. The fourth-order valence-corrected chi connectivity index (χ4v) is 1.95. The highest BCUT2D eigenvalue weighted by Crippen LogP contribution is 2.35. The Morgan fingerprint density at radius 2 is 1.94 bits per heavy atom. The minimum Gasteiger partial charge on any atom is -0.486 e. The first kappa shape index (κ1) is 13.0. The number of rotatable bonds is 5. The fraction of sp³-hybridized carbons (Fsp3) is 0.571. The number of anilines is 1. The second-order valence-corrected chi connectivity index (χ2v) is 4.87. The molecule has 18 heavy (non-hydrogen) atoms. The molecule has 1 heterocycles. The third kappa shape index (κ3) is 3.07. The van der Waals surface area contributed by atoms with E-state index in [9.17, 15) is 0 Å². The van der Waals surface area contributed by atoms with Gasteiger partial charge in [0.15, 0.2) is 11.5 Å². The predicted octanol–water partition coefficient (Wildman–Crippen LogP) is 2.16. The van der Waals surface area contributed by atoms with Crippen LogP contribution in [0.4, 0.5) is 5.69 Å². The Labute approximate surface area is 108 Å². The van der Waals surface area contributed by atoms with Crippen molar-refractivity contribution >= 4 is 5.69 Å². The maximum absolute atomic E-state index is 5.61. The molecule has 4 nitrogen and oxygen atoms in total. The third-order valence-electron chi connectivity index (χ3n) is 3.24. The summed E-state index contributed by atoms with van der Waals surface area (Å²) in [7, 11) is 0. The largest absolute Gasteiger partial charge is 0.486 e. The number of benzene rings is 1. The lowest BCUT2D eigenvalue weighted by molar-refractivity contribution is 0.171. The molecule has 0 saturated carbocycles. The molecule has 0 aromatic heterocycles. The van der Waals surface area contributed by atoms with Crippen LogP contribution in [-0.2, 0) is 0 Å². The van der Waals surface area contributed by atoms with Gasteiger partial charge in [-0.2, -0.15) is 0 Å². The number of hydrogen-bond donors (Lipinski definition) is 2. The summed E-state index contributed by atoms with van der Waals surface area (Å²) in [5, 5.41) is 3.44. The third-order valence-corrected chi connectivity index (χ3v) is 3.24. The lowest BCUT2D eigenvalue weighted by Crippen LogP contribution is -2.17. The van der Waals surface area contributed by atoms with Crippen molar-refractivity contribution in [2.45, 2.75) is 20.3 Å². The van der Waals surface area contributed by atoms with Gasteiger partial charge in [-0.1, -0.05) is 6.92 Å². The Morgan fingerprint density at radius 3 is 2.61 bits per heavy atom. The van der Waals surface area contributed by atoms with Crippen LogP contribution >= 0.6 is 0 Å². The van der Waals surface area contributed by atoms with Gasteiger partial charge >= 0.3 is 0 Å². The minimum atomic E-state index is 0.551. The van der Waals surface area contributed by atoms with E-state index in [1.54, 1.807) is 0 Å². The molecule has 0 saturated heterocycles. The van der Waals surface area contributed by atoms with E-state index in [4.69, 9.17) is 15.2 Å². The van der Waals surface area contributed by atoms with Gasteiger partial charge < -0.3 is 20.5 Å². The molecule has 0 spiro atoms. The van der Waals surface area contributed by atoms with Crippen LogP contribution in [0.5, 0.6) is 11.5 Å². The van der Waals surface area contributed by atoms with Crippen molar-refractivity contribution < 1.29 is 9.47 Å². The molecule has 1 aromatic carbocycles. The molecule has 0 fully saturated rings. The predicted molar refractivity (Wildman–Crippen MR) is 73.5 cm³/mol. The van der Waals surface area contributed by atoms with Gasteiger partial charge in [-0.15, -0.1) is 0 Å². The highest BCUT2D eigenvalue weighted by Gasteiger charge is 2.13. The Morgan fingerprint density at radius 1 is 1.28 bits per heavy atom. The van der Waals surface area contributed by atoms with E-state index < -0.39 is 0 Å². The molecule has 0 radical (unpaired) electrons. The SMILES string of the molecule is Cc1cc2c(cc1NCCC(C)CN)OCCO2. The zero-order valence-corrected chi connectivity index (χ0v) is 11.2. The molecule has 4 heteroatoms. The maximum Gasteiger partial charge on any atom is 0.163 e. The van der Waals surface area contributed by atoms with Crippen LogP contribution in [0.25, 0.3) is 0 Å². The average molecular weight is 250 g/mol. The van der Waals surface area contributed by atoms with Gasteiger partial charge in [-0.25, -0.2) is 0 Å². The Balaban J connectivity index is 2.00. The molecule has 0 bridgehead atoms. The van der Waals surface area contributed by atoms with Gasteiger partial charge in [0.1, 0.15) is 13.2 Å². The van der Waals surface area contributed by atoms with Crippen LogP contribution in [0.2, 0.25) is 0 Å². The first-order chi connectivity index (χ1) is 8.70. The number of ether oxygens (including phenoxy) is 2. The number of hydrogen-bond acceptors (Lipinski definition) is 4. The van der Waals surface area contributed by atoms with E-state index in [2.05, 4.69) is 19.2 Å². The van der Waals surface area contributed by atoms with Crippen LogP contribution in [0.3, 0.4) is 0 Å². The summed E-state index contributed by atoms with van der Waals surface area (Å²) in [5.74, 6) is 2.23. The molecule has 100 valence electrons. The lowest BCUT2D eigenvalue weighted by atomic mass is 10.1. The van der Waals surface area contributed by atoms with Gasteiger partial charge in [-0.05, 0) is 37.4 Å². The van der Waals surface area contributed by atoms with Crippen molar-refractivity contribution in [3.05, 3.63) is 17.7 Å². The Kier molecular flexibility index (Phi) is 4.31. The summed E-state index contributed by atoms with van der Waals surface area (Å²) in [4.78, 5) is 0. The van der Waals surface area contributed by atoms with Gasteiger partial charge in [-0.3, -0.25) is 0 Å². The van der Waals surface area contributed by atoms with Crippen LogP contribution in [0, 0.1) is 12.8 Å². The van der Waals surface area contributed by atoms with Crippen molar-refractivity contribution in [2.24, 2.45) is 11.7 Å². The summed E-state index contributed by atoms with van der Waals surface area (Å²) in [6.07, 6.45) is 1.07. The van der Waals surface area contributed by atoms with E-state index >= 15 is 0 Å². The molecule has 1 aliphatic heterocycles. The molecule has 1 unspecified atom stereocenters. The Hall–Kier alpha value is -1.42. The van der Waals surface area contributed by atoms with E-state index in [1.165, 1.54) is 5.56 Å². The summed E-state index contributed by atoms with van der Waals surface area (Å²) >= 11 is 0. The first-order valence-corrected chi connectivity index (χ1v) is 6.55. The van der Waals surface area contributed by atoms with Crippen LogP contribution in [0.1, 0.15) is 18.9 Å². The van der Waals surface area contributed by atoms with Crippen molar-refractivity contribution in [3.8, 4) is 11.5 Å². The summed E-state index contributed by atoms with van der Waals surface area (Å²) in [6, 6.07) is 4.06. The van der Waals surface area contributed by atoms with E-state index in [-0.39, 0.29) is 0 Å². The zero-order valence-electron chi connectivity index (χ0n) is 11.2. The fourth-order valence-electron chi connectivity index (χ4n) is 1.95. The highest BCUT2D eigenvalue weighted by molar-refractivity contribution is 5.60. The summed E-state index contributed by atoms with van der Waals surface area (Å²) in [5.41, 5.74) is 7.90.